The number of carbonyl (C=O) groups is 1. The topological polar surface area (TPSA) is 116 Å². The number of carbonyl (C=O) groups excluding carboxylic acids is 1. The Morgan fingerprint density at radius 2 is 2.24 bits per heavy atom. The highest BCUT2D eigenvalue weighted by atomic mass is 32.1. The minimum absolute atomic E-state index is 0.0145. The van der Waals surface area contributed by atoms with E-state index < -0.39 is 0 Å². The Labute approximate surface area is 201 Å². The molecule has 0 bridgehead atoms. The van der Waals surface area contributed by atoms with Gasteiger partial charge in [0.25, 0.3) is 0 Å². The Hall–Kier alpha value is -3.24. The zero-order valence-electron chi connectivity index (χ0n) is 19.3. The van der Waals surface area contributed by atoms with Crippen LogP contribution in [0, 0.1) is 5.92 Å². The summed E-state index contributed by atoms with van der Waals surface area (Å²) in [6.07, 6.45) is 5.63. The maximum atomic E-state index is 13.0. The Kier molecular flexibility index (Phi) is 6.34. The van der Waals surface area contributed by atoms with Crippen molar-refractivity contribution < 1.29 is 14.6 Å². The lowest BCUT2D eigenvalue weighted by molar-refractivity contribution is -0.136. The largest absolute Gasteiger partial charge is 0.492 e. The zero-order valence-corrected chi connectivity index (χ0v) is 20.1. The first-order chi connectivity index (χ1) is 16.6. The number of aliphatic hydroxyl groups is 1. The molecule has 1 aliphatic rings. The molecular weight excluding hydrogens is 452 g/mol. The van der Waals surface area contributed by atoms with E-state index in [2.05, 4.69) is 25.5 Å². The molecule has 10 heteroatoms. The summed E-state index contributed by atoms with van der Waals surface area (Å²) in [6.45, 7) is 5.43. The fourth-order valence-electron chi connectivity index (χ4n) is 4.69. The maximum absolute atomic E-state index is 13.0. The van der Waals surface area contributed by atoms with Crippen molar-refractivity contribution in [2.24, 2.45) is 5.92 Å². The summed E-state index contributed by atoms with van der Waals surface area (Å²) < 4.78 is 5.88. The van der Waals surface area contributed by atoms with Crippen LogP contribution in [0.15, 0.2) is 24.7 Å². The number of thiophene rings is 1. The first kappa shape index (κ1) is 22.5. The lowest BCUT2D eigenvalue weighted by Crippen LogP contribution is -2.39. The minimum atomic E-state index is -0.0653. The van der Waals surface area contributed by atoms with Gasteiger partial charge in [0.05, 0.1) is 36.0 Å². The van der Waals surface area contributed by atoms with E-state index in [4.69, 9.17) is 4.74 Å². The number of aliphatic hydroxyl groups excluding tert-OH is 1. The van der Waals surface area contributed by atoms with Crippen molar-refractivity contribution in [1.82, 2.24) is 25.1 Å². The molecule has 1 aliphatic carbocycles. The zero-order chi connectivity index (χ0) is 23.7. The molecule has 0 unspecified atom stereocenters. The summed E-state index contributed by atoms with van der Waals surface area (Å²) in [5, 5.41) is 21.9. The number of ether oxygens (including phenoxy) is 1. The molecule has 0 aliphatic heterocycles. The molecule has 1 atom stereocenters. The molecule has 3 aromatic heterocycles. The van der Waals surface area contributed by atoms with Gasteiger partial charge in [-0.1, -0.05) is 0 Å². The Morgan fingerprint density at radius 3 is 3.03 bits per heavy atom. The quantitative estimate of drug-likeness (QED) is 0.352. The second-order valence-corrected chi connectivity index (χ2v) is 9.43. The van der Waals surface area contributed by atoms with Crippen molar-refractivity contribution in [3.63, 3.8) is 0 Å². The molecule has 0 fully saturated rings. The smallest absolute Gasteiger partial charge is 0.226 e. The van der Waals surface area contributed by atoms with E-state index >= 15 is 0 Å². The monoisotopic (exact) mass is 480 g/mol. The van der Waals surface area contributed by atoms with Crippen LogP contribution in [0.1, 0.15) is 30.7 Å². The first-order valence-electron chi connectivity index (χ1n) is 11.6. The van der Waals surface area contributed by atoms with E-state index in [0.29, 0.717) is 26.1 Å². The molecule has 0 spiro atoms. The average molecular weight is 481 g/mol. The van der Waals surface area contributed by atoms with Gasteiger partial charge in [0.2, 0.25) is 5.91 Å². The van der Waals surface area contributed by atoms with Gasteiger partial charge in [0, 0.05) is 35.3 Å². The number of nitrogens with zero attached hydrogens (tertiary/aromatic N) is 4. The number of likely N-dealkylation sites (N-methyl/N-ethyl adjacent to an activating group) is 1. The van der Waals surface area contributed by atoms with Gasteiger partial charge in [0.15, 0.2) is 0 Å². The molecule has 9 nitrogen and oxygen atoms in total. The van der Waals surface area contributed by atoms with Crippen molar-refractivity contribution >= 4 is 49.9 Å². The predicted octanol–water partition coefficient (Wildman–Crippen LogP) is 3.66. The third-order valence-corrected chi connectivity index (χ3v) is 7.51. The summed E-state index contributed by atoms with van der Waals surface area (Å²) in [6, 6.07) is 3.95. The molecule has 1 amide bonds. The van der Waals surface area contributed by atoms with Gasteiger partial charge >= 0.3 is 0 Å². The second-order valence-electron chi connectivity index (χ2n) is 8.35. The molecule has 5 rings (SSSR count). The summed E-state index contributed by atoms with van der Waals surface area (Å²) in [4.78, 5) is 26.0. The highest BCUT2D eigenvalue weighted by molar-refractivity contribution is 7.19. The Bertz CT molecular complexity index is 1330. The summed E-state index contributed by atoms with van der Waals surface area (Å²) in [7, 11) is 0. The van der Waals surface area contributed by atoms with E-state index in [-0.39, 0.29) is 18.4 Å². The van der Waals surface area contributed by atoms with Gasteiger partial charge in [-0.15, -0.1) is 11.3 Å². The third-order valence-electron chi connectivity index (χ3n) is 6.35. The molecule has 3 N–H and O–H groups in total. The third kappa shape index (κ3) is 4.07. The van der Waals surface area contributed by atoms with Crippen LogP contribution in [-0.2, 0) is 17.6 Å². The number of rotatable bonds is 8. The van der Waals surface area contributed by atoms with Crippen molar-refractivity contribution in [3.8, 4) is 5.75 Å². The van der Waals surface area contributed by atoms with E-state index in [1.54, 1.807) is 28.8 Å². The SMILES string of the molecule is CCOc1cc2[nH]ncc2cc1Nc1ncnc2sc3c(c12)CC[C@H](C(=O)N(CC)CCO)C3. The van der Waals surface area contributed by atoms with Gasteiger partial charge in [-0.05, 0) is 44.7 Å². The van der Waals surface area contributed by atoms with Crippen LogP contribution in [0.5, 0.6) is 5.75 Å². The van der Waals surface area contributed by atoms with Crippen LogP contribution in [0.3, 0.4) is 0 Å². The highest BCUT2D eigenvalue weighted by Crippen LogP contribution is 2.42. The van der Waals surface area contributed by atoms with Gasteiger partial charge in [-0.2, -0.15) is 5.10 Å². The van der Waals surface area contributed by atoms with Crippen LogP contribution >= 0.6 is 11.3 Å². The molecule has 4 aromatic rings. The molecule has 178 valence electrons. The predicted molar refractivity (Wildman–Crippen MR) is 133 cm³/mol. The fourth-order valence-corrected chi connectivity index (χ4v) is 5.96. The van der Waals surface area contributed by atoms with Crippen molar-refractivity contribution in [2.45, 2.75) is 33.1 Å². The van der Waals surface area contributed by atoms with Crippen LogP contribution in [0.2, 0.25) is 0 Å². The summed E-state index contributed by atoms with van der Waals surface area (Å²) in [5.41, 5.74) is 2.95. The molecule has 0 saturated carbocycles. The molecule has 3 heterocycles. The van der Waals surface area contributed by atoms with Crippen LogP contribution in [0.4, 0.5) is 11.5 Å². The number of hydrogen-bond donors (Lipinski definition) is 3. The lowest BCUT2D eigenvalue weighted by atomic mass is 9.87. The number of aromatic nitrogens is 4. The summed E-state index contributed by atoms with van der Waals surface area (Å²) >= 11 is 1.64. The standard InChI is InChI=1S/C24H28N6O3S/c1-3-30(7-8-31)24(32)14-5-6-16-20(10-14)34-23-21(16)22(25-13-26-23)28-18-9-15-12-27-29-17(15)11-19(18)33-4-2/h9,11-14,31H,3-8,10H2,1-2H3,(H,27,29)(H,25,26,28)/t14-/m0/s1. The number of amides is 1. The minimum Gasteiger partial charge on any atom is -0.492 e. The van der Waals surface area contributed by atoms with Gasteiger partial charge in [0.1, 0.15) is 22.7 Å². The number of benzene rings is 1. The Morgan fingerprint density at radius 1 is 1.35 bits per heavy atom. The number of anilines is 2. The average Bonchev–Trinajstić information content (AvgIpc) is 3.46. The van der Waals surface area contributed by atoms with Crippen molar-refractivity contribution in [1.29, 1.82) is 0 Å². The normalized spacial score (nSPS) is 15.4. The van der Waals surface area contributed by atoms with Crippen LogP contribution in [0.25, 0.3) is 21.1 Å². The lowest BCUT2D eigenvalue weighted by Gasteiger charge is -2.28. The van der Waals surface area contributed by atoms with Gasteiger partial charge in [-0.3, -0.25) is 9.89 Å². The van der Waals surface area contributed by atoms with E-state index in [9.17, 15) is 9.90 Å². The second kappa shape index (κ2) is 9.55. The molecule has 0 radical (unpaired) electrons. The number of nitrogens with one attached hydrogen (secondary N) is 2. The molecule has 34 heavy (non-hydrogen) atoms. The first-order valence-corrected chi connectivity index (χ1v) is 12.5. The number of hydrogen-bond acceptors (Lipinski definition) is 8. The van der Waals surface area contributed by atoms with Crippen LogP contribution in [-0.4, -0.2) is 62.4 Å². The van der Waals surface area contributed by atoms with E-state index in [0.717, 1.165) is 51.2 Å². The molecule has 1 aromatic carbocycles. The van der Waals surface area contributed by atoms with E-state index in [1.807, 2.05) is 26.0 Å². The number of fused-ring (bicyclic) bond motifs is 4. The van der Waals surface area contributed by atoms with Crippen molar-refractivity contribution in [2.75, 3.05) is 31.6 Å². The van der Waals surface area contributed by atoms with Crippen molar-refractivity contribution in [3.05, 3.63) is 35.1 Å². The van der Waals surface area contributed by atoms with Gasteiger partial charge in [-0.25, -0.2) is 9.97 Å². The van der Waals surface area contributed by atoms with Gasteiger partial charge < -0.3 is 20.1 Å². The molecule has 0 saturated heterocycles. The number of H-pyrrole nitrogens is 1. The highest BCUT2D eigenvalue weighted by Gasteiger charge is 2.31. The van der Waals surface area contributed by atoms with E-state index in [1.165, 1.54) is 10.4 Å². The molecular formula is C24H28N6O3S. The fraction of sp³-hybridized carbons (Fsp3) is 0.417. The Balaban J connectivity index is 1.48. The van der Waals surface area contributed by atoms with Crippen LogP contribution < -0.4 is 10.1 Å². The number of aryl methyl sites for hydroxylation is 1. The maximum Gasteiger partial charge on any atom is 0.226 e. The number of aromatic amines is 1. The summed E-state index contributed by atoms with van der Waals surface area (Å²) in [5.74, 6) is 1.53.